The Morgan fingerprint density at radius 2 is 1.62 bits per heavy atom. The lowest BCUT2D eigenvalue weighted by Gasteiger charge is -2.34. The van der Waals surface area contributed by atoms with E-state index in [2.05, 4.69) is 5.32 Å². The standard InChI is InChI=1S/C31H36FN3O6S/c1-21-8-6-7-9-23(21)19-34(22(2)30(37)33-31(3,4)5)29(36)20-35(25-12-10-24(32)11-13-25)42(38,39)26-14-15-27-28(18-26)41-17-16-40-27/h6-15,18,22H,16-17,19-20H2,1-5H3,(H,33,37). The van der Waals surface area contributed by atoms with Crippen molar-refractivity contribution in [2.45, 2.75) is 57.6 Å². The number of carbonyl (C=O) groups is 2. The zero-order valence-electron chi connectivity index (χ0n) is 24.4. The molecule has 224 valence electrons. The molecule has 0 saturated heterocycles. The number of benzene rings is 3. The maximum absolute atomic E-state index is 14.1. The van der Waals surface area contributed by atoms with Crippen LogP contribution < -0.4 is 19.1 Å². The minimum absolute atomic E-state index is 0.0750. The smallest absolute Gasteiger partial charge is 0.264 e. The van der Waals surface area contributed by atoms with Crippen LogP contribution in [0.2, 0.25) is 0 Å². The number of anilines is 1. The van der Waals surface area contributed by atoms with Gasteiger partial charge in [0.05, 0.1) is 10.6 Å². The number of fused-ring (bicyclic) bond motifs is 1. The van der Waals surface area contributed by atoms with Crippen molar-refractivity contribution in [3.05, 3.63) is 83.7 Å². The lowest BCUT2D eigenvalue weighted by atomic mass is 10.1. The van der Waals surface area contributed by atoms with Crippen molar-refractivity contribution >= 4 is 27.5 Å². The molecule has 3 aromatic carbocycles. The largest absolute Gasteiger partial charge is 0.486 e. The van der Waals surface area contributed by atoms with Crippen molar-refractivity contribution in [2.24, 2.45) is 0 Å². The zero-order valence-corrected chi connectivity index (χ0v) is 25.2. The van der Waals surface area contributed by atoms with Crippen molar-refractivity contribution in [3.63, 3.8) is 0 Å². The Labute approximate surface area is 246 Å². The molecule has 1 heterocycles. The molecule has 3 aromatic rings. The second-order valence-corrected chi connectivity index (χ2v) is 13.0. The molecule has 1 unspecified atom stereocenters. The van der Waals surface area contributed by atoms with Gasteiger partial charge in [-0.2, -0.15) is 0 Å². The molecule has 42 heavy (non-hydrogen) atoms. The van der Waals surface area contributed by atoms with Crippen molar-refractivity contribution in [2.75, 3.05) is 24.1 Å². The molecule has 4 rings (SSSR count). The number of halogens is 1. The van der Waals surface area contributed by atoms with E-state index in [1.807, 2.05) is 52.0 Å². The van der Waals surface area contributed by atoms with Crippen LogP contribution in [0.15, 0.2) is 71.6 Å². The van der Waals surface area contributed by atoms with Crippen LogP contribution in [0.4, 0.5) is 10.1 Å². The molecule has 1 N–H and O–H groups in total. The third-order valence-corrected chi connectivity index (χ3v) is 8.53. The van der Waals surface area contributed by atoms with Crippen molar-refractivity contribution in [1.82, 2.24) is 10.2 Å². The average Bonchev–Trinajstić information content (AvgIpc) is 2.94. The van der Waals surface area contributed by atoms with Gasteiger partial charge < -0.3 is 19.7 Å². The summed E-state index contributed by atoms with van der Waals surface area (Å²) in [6.07, 6.45) is 0. The zero-order chi connectivity index (χ0) is 30.7. The molecule has 2 amide bonds. The highest BCUT2D eigenvalue weighted by Crippen LogP contribution is 2.34. The monoisotopic (exact) mass is 597 g/mol. The second-order valence-electron chi connectivity index (χ2n) is 11.2. The van der Waals surface area contributed by atoms with E-state index in [0.717, 1.165) is 27.6 Å². The van der Waals surface area contributed by atoms with E-state index in [0.29, 0.717) is 12.4 Å². The van der Waals surface area contributed by atoms with Crippen LogP contribution >= 0.6 is 0 Å². The fourth-order valence-corrected chi connectivity index (χ4v) is 5.91. The van der Waals surface area contributed by atoms with Gasteiger partial charge in [0.2, 0.25) is 11.8 Å². The number of amides is 2. The van der Waals surface area contributed by atoms with Gasteiger partial charge in [-0.3, -0.25) is 13.9 Å². The van der Waals surface area contributed by atoms with E-state index < -0.39 is 39.9 Å². The van der Waals surface area contributed by atoms with Crippen LogP contribution in [0.3, 0.4) is 0 Å². The van der Waals surface area contributed by atoms with Crippen LogP contribution in [-0.4, -0.2) is 56.5 Å². The van der Waals surface area contributed by atoms with Crippen LogP contribution in [-0.2, 0) is 26.2 Å². The molecule has 1 aliphatic rings. The highest BCUT2D eigenvalue weighted by atomic mass is 32.2. The molecule has 11 heteroatoms. The molecule has 0 saturated carbocycles. The van der Waals surface area contributed by atoms with E-state index in [4.69, 9.17) is 9.47 Å². The lowest BCUT2D eigenvalue weighted by Crippen LogP contribution is -2.54. The number of nitrogens with zero attached hydrogens (tertiary/aromatic N) is 2. The Balaban J connectivity index is 1.73. The average molecular weight is 598 g/mol. The van der Waals surface area contributed by atoms with Gasteiger partial charge >= 0.3 is 0 Å². The van der Waals surface area contributed by atoms with Crippen molar-refractivity contribution in [1.29, 1.82) is 0 Å². The molecule has 9 nitrogen and oxygen atoms in total. The molecule has 0 spiro atoms. The van der Waals surface area contributed by atoms with Crippen molar-refractivity contribution < 1.29 is 31.9 Å². The summed E-state index contributed by atoms with van der Waals surface area (Å²) < 4.78 is 54.0. The Bertz CT molecular complexity index is 1550. The van der Waals surface area contributed by atoms with Crippen molar-refractivity contribution in [3.8, 4) is 11.5 Å². The van der Waals surface area contributed by atoms with E-state index in [-0.39, 0.29) is 35.4 Å². The SMILES string of the molecule is Cc1ccccc1CN(C(=O)CN(c1ccc(F)cc1)S(=O)(=O)c1ccc2c(c1)OCCO2)C(C)C(=O)NC(C)(C)C. The number of nitrogens with one attached hydrogen (secondary N) is 1. The Morgan fingerprint density at radius 1 is 0.976 bits per heavy atom. The number of hydrogen-bond acceptors (Lipinski definition) is 6. The van der Waals surface area contributed by atoms with E-state index >= 15 is 0 Å². The number of rotatable bonds is 9. The van der Waals surface area contributed by atoms with Gasteiger partial charge in [-0.1, -0.05) is 24.3 Å². The van der Waals surface area contributed by atoms with Gasteiger partial charge in [0.1, 0.15) is 31.6 Å². The molecular weight excluding hydrogens is 561 g/mol. The summed E-state index contributed by atoms with van der Waals surface area (Å²) >= 11 is 0. The Kier molecular flexibility index (Phi) is 9.10. The maximum atomic E-state index is 14.1. The maximum Gasteiger partial charge on any atom is 0.264 e. The summed E-state index contributed by atoms with van der Waals surface area (Å²) in [5.41, 5.74) is 1.26. The first-order valence-corrected chi connectivity index (χ1v) is 15.0. The van der Waals surface area contributed by atoms with E-state index in [1.54, 1.807) is 6.92 Å². The number of aryl methyl sites for hydroxylation is 1. The van der Waals surface area contributed by atoms with Gasteiger partial charge in [-0.05, 0) is 82.1 Å². The highest BCUT2D eigenvalue weighted by Gasteiger charge is 2.34. The molecule has 0 bridgehead atoms. The number of carbonyl (C=O) groups excluding carboxylic acids is 2. The summed E-state index contributed by atoms with van der Waals surface area (Å²) in [6, 6.07) is 15.6. The summed E-state index contributed by atoms with van der Waals surface area (Å²) in [4.78, 5) is 28.5. The number of sulfonamides is 1. The van der Waals surface area contributed by atoms with Gasteiger partial charge in [-0.15, -0.1) is 0 Å². The summed E-state index contributed by atoms with van der Waals surface area (Å²) in [6.45, 7) is 9.05. The first-order chi connectivity index (χ1) is 19.8. The first-order valence-electron chi connectivity index (χ1n) is 13.6. The number of ether oxygens (including phenoxy) is 2. The van der Waals surface area contributed by atoms with Crippen LogP contribution in [0.1, 0.15) is 38.8 Å². The van der Waals surface area contributed by atoms with Crippen LogP contribution in [0.5, 0.6) is 11.5 Å². The molecule has 1 atom stereocenters. The third kappa shape index (κ3) is 7.20. The van der Waals surface area contributed by atoms with Crippen LogP contribution in [0.25, 0.3) is 0 Å². The van der Waals surface area contributed by atoms with E-state index in [1.165, 1.54) is 35.2 Å². The molecule has 1 aliphatic heterocycles. The Hall–Kier alpha value is -4.12. The quantitative estimate of drug-likeness (QED) is 0.391. The lowest BCUT2D eigenvalue weighted by molar-refractivity contribution is -0.140. The molecule has 0 radical (unpaired) electrons. The third-order valence-electron chi connectivity index (χ3n) is 6.76. The minimum Gasteiger partial charge on any atom is -0.486 e. The summed E-state index contributed by atoms with van der Waals surface area (Å²) in [5, 5.41) is 2.90. The molecular formula is C31H36FN3O6S. The topological polar surface area (TPSA) is 105 Å². The molecule has 0 fully saturated rings. The summed E-state index contributed by atoms with van der Waals surface area (Å²) in [5.74, 6) is -0.878. The molecule has 0 aromatic heterocycles. The van der Waals surface area contributed by atoms with Crippen LogP contribution in [0, 0.1) is 12.7 Å². The second kappa shape index (κ2) is 12.4. The summed E-state index contributed by atoms with van der Waals surface area (Å²) in [7, 11) is -4.36. The van der Waals surface area contributed by atoms with Gasteiger partial charge in [-0.25, -0.2) is 12.8 Å². The Morgan fingerprint density at radius 3 is 2.26 bits per heavy atom. The number of hydrogen-bond donors (Lipinski definition) is 1. The van der Waals surface area contributed by atoms with E-state index in [9.17, 15) is 22.4 Å². The predicted octanol–water partition coefficient (Wildman–Crippen LogP) is 4.43. The first kappa shape index (κ1) is 30.8. The highest BCUT2D eigenvalue weighted by molar-refractivity contribution is 7.92. The molecule has 0 aliphatic carbocycles. The minimum atomic E-state index is -4.36. The van der Waals surface area contributed by atoms with Gasteiger partial charge in [0.25, 0.3) is 10.0 Å². The van der Waals surface area contributed by atoms with Gasteiger partial charge in [0, 0.05) is 18.2 Å². The fourth-order valence-electron chi connectivity index (χ4n) is 4.48. The fraction of sp³-hybridized carbons (Fsp3) is 0.355. The van der Waals surface area contributed by atoms with Gasteiger partial charge in [0.15, 0.2) is 11.5 Å². The predicted molar refractivity (Wildman–Crippen MR) is 157 cm³/mol. The normalized spacial score (nSPS) is 13.7.